The molecule has 0 unspecified atom stereocenters. The summed E-state index contributed by atoms with van der Waals surface area (Å²) in [5.74, 6) is -0.842. The van der Waals surface area contributed by atoms with Crippen LogP contribution in [0.15, 0.2) is 78.4 Å². The fourth-order valence-electron chi connectivity index (χ4n) is 3.50. The van der Waals surface area contributed by atoms with E-state index in [0.717, 1.165) is 10.5 Å². The number of rotatable bonds is 7. The largest absolute Gasteiger partial charge is 0.497 e. The second-order valence-electron chi connectivity index (χ2n) is 7.88. The third-order valence-electron chi connectivity index (χ3n) is 5.41. The summed E-state index contributed by atoms with van der Waals surface area (Å²) in [6.45, 7) is 1.71. The topological polar surface area (TPSA) is 114 Å². The number of nitrogens with zero attached hydrogens (tertiary/aromatic N) is 1. The standard InChI is InChI=1S/C27H23N3O6/c1-17-5-3-4-6-23(17)28-24(31)16-36-21-11-7-18(8-12-21)15-22-25(32)29-27(34)30(26(22)33)19-9-13-20(35-2)14-10-19/h3-15H,16H2,1-2H3,(H,28,31)(H,29,32,34)/b22-15+. The van der Waals surface area contributed by atoms with E-state index in [-0.39, 0.29) is 18.1 Å². The Morgan fingerprint density at radius 3 is 2.28 bits per heavy atom. The number of hydrogen-bond acceptors (Lipinski definition) is 6. The minimum atomic E-state index is -0.833. The van der Waals surface area contributed by atoms with Crippen molar-refractivity contribution in [1.82, 2.24) is 5.32 Å². The number of benzene rings is 3. The van der Waals surface area contributed by atoms with E-state index in [9.17, 15) is 19.2 Å². The number of imide groups is 2. The summed E-state index contributed by atoms with van der Waals surface area (Å²) in [5.41, 5.74) is 2.29. The summed E-state index contributed by atoms with van der Waals surface area (Å²) in [6.07, 6.45) is 1.38. The molecule has 4 rings (SSSR count). The second-order valence-corrected chi connectivity index (χ2v) is 7.88. The van der Waals surface area contributed by atoms with Gasteiger partial charge in [-0.05, 0) is 66.6 Å². The third-order valence-corrected chi connectivity index (χ3v) is 5.41. The lowest BCUT2D eigenvalue weighted by Crippen LogP contribution is -2.54. The van der Waals surface area contributed by atoms with Crippen molar-refractivity contribution in [3.8, 4) is 11.5 Å². The zero-order valence-corrected chi connectivity index (χ0v) is 19.6. The van der Waals surface area contributed by atoms with Gasteiger partial charge in [0, 0.05) is 5.69 Å². The summed E-state index contributed by atoms with van der Waals surface area (Å²) in [7, 11) is 1.50. The number of anilines is 2. The molecule has 2 N–H and O–H groups in total. The van der Waals surface area contributed by atoms with Crippen molar-refractivity contribution in [2.24, 2.45) is 0 Å². The van der Waals surface area contributed by atoms with Crippen LogP contribution >= 0.6 is 0 Å². The predicted molar refractivity (Wildman–Crippen MR) is 134 cm³/mol. The fraction of sp³-hybridized carbons (Fsp3) is 0.111. The first-order valence-corrected chi connectivity index (χ1v) is 11.0. The first kappa shape index (κ1) is 24.2. The molecule has 5 amide bonds. The molecular formula is C27H23N3O6. The van der Waals surface area contributed by atoms with Crippen LogP contribution in [0.1, 0.15) is 11.1 Å². The molecule has 1 aliphatic heterocycles. The molecule has 0 aliphatic carbocycles. The number of barbiturate groups is 1. The van der Waals surface area contributed by atoms with E-state index in [2.05, 4.69) is 10.6 Å². The van der Waals surface area contributed by atoms with Gasteiger partial charge in [-0.15, -0.1) is 0 Å². The number of carbonyl (C=O) groups is 4. The normalized spacial score (nSPS) is 14.4. The molecule has 1 fully saturated rings. The number of urea groups is 1. The minimum Gasteiger partial charge on any atom is -0.497 e. The summed E-state index contributed by atoms with van der Waals surface area (Å²) in [6, 6.07) is 19.4. The minimum absolute atomic E-state index is 0.186. The van der Waals surface area contributed by atoms with Gasteiger partial charge < -0.3 is 14.8 Å². The molecule has 9 heteroatoms. The van der Waals surface area contributed by atoms with E-state index >= 15 is 0 Å². The molecule has 3 aromatic carbocycles. The Morgan fingerprint density at radius 2 is 1.61 bits per heavy atom. The Labute approximate surface area is 207 Å². The quantitative estimate of drug-likeness (QED) is 0.390. The summed E-state index contributed by atoms with van der Waals surface area (Å²) in [5, 5.41) is 4.97. The van der Waals surface area contributed by atoms with E-state index < -0.39 is 17.8 Å². The van der Waals surface area contributed by atoms with Gasteiger partial charge in [-0.1, -0.05) is 30.3 Å². The maximum atomic E-state index is 13.0. The van der Waals surface area contributed by atoms with Crippen molar-refractivity contribution < 1.29 is 28.7 Å². The zero-order chi connectivity index (χ0) is 25.7. The summed E-state index contributed by atoms with van der Waals surface area (Å²) in [4.78, 5) is 50.8. The third kappa shape index (κ3) is 5.41. The number of para-hydroxylation sites is 1. The van der Waals surface area contributed by atoms with Crippen LogP contribution in [0.2, 0.25) is 0 Å². The van der Waals surface area contributed by atoms with E-state index in [0.29, 0.717) is 28.4 Å². The van der Waals surface area contributed by atoms with E-state index in [1.807, 2.05) is 31.2 Å². The van der Waals surface area contributed by atoms with Crippen LogP contribution in [0.3, 0.4) is 0 Å². The molecule has 0 spiro atoms. The Bertz CT molecular complexity index is 1350. The van der Waals surface area contributed by atoms with Gasteiger partial charge in [-0.2, -0.15) is 0 Å². The number of hydrogen-bond donors (Lipinski definition) is 2. The van der Waals surface area contributed by atoms with Crippen molar-refractivity contribution in [3.05, 3.63) is 89.5 Å². The molecule has 9 nitrogen and oxygen atoms in total. The molecule has 1 saturated heterocycles. The van der Waals surface area contributed by atoms with Gasteiger partial charge in [-0.25, -0.2) is 9.69 Å². The lowest BCUT2D eigenvalue weighted by Gasteiger charge is -2.26. The molecule has 0 radical (unpaired) electrons. The molecule has 3 aromatic rings. The lowest BCUT2D eigenvalue weighted by atomic mass is 10.1. The van der Waals surface area contributed by atoms with Crippen LogP contribution in [0.25, 0.3) is 6.08 Å². The van der Waals surface area contributed by atoms with Gasteiger partial charge in [0.25, 0.3) is 17.7 Å². The SMILES string of the molecule is COc1ccc(N2C(=O)NC(=O)/C(=C\c3ccc(OCC(=O)Nc4ccccc4C)cc3)C2=O)cc1. The Balaban J connectivity index is 1.43. The first-order valence-electron chi connectivity index (χ1n) is 11.0. The molecular weight excluding hydrogens is 462 g/mol. The number of nitrogens with one attached hydrogen (secondary N) is 2. The molecule has 0 aromatic heterocycles. The van der Waals surface area contributed by atoms with Crippen LogP contribution in [0, 0.1) is 6.92 Å². The highest BCUT2D eigenvalue weighted by atomic mass is 16.5. The van der Waals surface area contributed by atoms with E-state index in [4.69, 9.17) is 9.47 Å². The first-order chi connectivity index (χ1) is 17.4. The highest BCUT2D eigenvalue weighted by molar-refractivity contribution is 6.39. The average Bonchev–Trinajstić information content (AvgIpc) is 2.87. The molecule has 182 valence electrons. The van der Waals surface area contributed by atoms with Crippen LogP contribution in [-0.2, 0) is 14.4 Å². The van der Waals surface area contributed by atoms with Crippen molar-refractivity contribution >= 4 is 41.2 Å². The maximum Gasteiger partial charge on any atom is 0.335 e. The zero-order valence-electron chi connectivity index (χ0n) is 19.6. The van der Waals surface area contributed by atoms with Crippen molar-refractivity contribution in [3.63, 3.8) is 0 Å². The van der Waals surface area contributed by atoms with Gasteiger partial charge in [0.05, 0.1) is 12.8 Å². The smallest absolute Gasteiger partial charge is 0.335 e. The molecule has 1 aliphatic rings. The van der Waals surface area contributed by atoms with Gasteiger partial charge in [0.1, 0.15) is 17.1 Å². The average molecular weight is 485 g/mol. The van der Waals surface area contributed by atoms with Gasteiger partial charge in [0.2, 0.25) is 0 Å². The molecule has 1 heterocycles. The Kier molecular flexibility index (Phi) is 7.10. The van der Waals surface area contributed by atoms with Crippen LogP contribution < -0.4 is 25.0 Å². The number of carbonyl (C=O) groups excluding carboxylic acids is 4. The van der Waals surface area contributed by atoms with Gasteiger partial charge in [-0.3, -0.25) is 19.7 Å². The van der Waals surface area contributed by atoms with Crippen LogP contribution in [-0.4, -0.2) is 37.5 Å². The molecule has 0 atom stereocenters. The number of amides is 5. The van der Waals surface area contributed by atoms with E-state index in [1.165, 1.54) is 13.2 Å². The van der Waals surface area contributed by atoms with E-state index in [1.54, 1.807) is 48.5 Å². The highest BCUT2D eigenvalue weighted by Gasteiger charge is 2.36. The van der Waals surface area contributed by atoms with Crippen molar-refractivity contribution in [2.75, 3.05) is 23.9 Å². The molecule has 36 heavy (non-hydrogen) atoms. The van der Waals surface area contributed by atoms with Gasteiger partial charge >= 0.3 is 6.03 Å². The second kappa shape index (κ2) is 10.6. The number of methoxy groups -OCH3 is 1. The maximum absolute atomic E-state index is 13.0. The Hall–Kier alpha value is -4.92. The van der Waals surface area contributed by atoms with Gasteiger partial charge in [0.15, 0.2) is 6.61 Å². The highest BCUT2D eigenvalue weighted by Crippen LogP contribution is 2.24. The lowest BCUT2D eigenvalue weighted by molar-refractivity contribution is -0.122. The number of aryl methyl sites for hydroxylation is 1. The van der Waals surface area contributed by atoms with Crippen molar-refractivity contribution in [2.45, 2.75) is 6.92 Å². The monoisotopic (exact) mass is 485 g/mol. The van der Waals surface area contributed by atoms with Crippen molar-refractivity contribution in [1.29, 1.82) is 0 Å². The Morgan fingerprint density at radius 1 is 0.944 bits per heavy atom. The summed E-state index contributed by atoms with van der Waals surface area (Å²) >= 11 is 0. The molecule has 0 saturated carbocycles. The van der Waals surface area contributed by atoms with Crippen LogP contribution in [0.5, 0.6) is 11.5 Å². The fourth-order valence-corrected chi connectivity index (χ4v) is 3.50. The van der Waals surface area contributed by atoms with Crippen LogP contribution in [0.4, 0.5) is 16.2 Å². The molecule has 0 bridgehead atoms. The predicted octanol–water partition coefficient (Wildman–Crippen LogP) is 3.69. The summed E-state index contributed by atoms with van der Waals surface area (Å²) < 4.78 is 10.6. The number of ether oxygens (including phenoxy) is 2.